The molecule has 0 saturated carbocycles. The van der Waals surface area contributed by atoms with E-state index in [4.69, 9.17) is 16.7 Å². The third kappa shape index (κ3) is 3.99. The second kappa shape index (κ2) is 7.29. The minimum atomic E-state index is -0.392. The van der Waals surface area contributed by atoms with Crippen molar-refractivity contribution in [2.45, 2.75) is 26.3 Å². The molecule has 118 valence electrons. The smallest absolute Gasteiger partial charge is 0.320 e. The van der Waals surface area contributed by atoms with Crippen molar-refractivity contribution >= 4 is 23.4 Å². The lowest BCUT2D eigenvalue weighted by molar-refractivity contribution is 0.222. The van der Waals surface area contributed by atoms with Gasteiger partial charge in [0.1, 0.15) is 0 Å². The molecule has 3 N–H and O–H groups in total. The van der Waals surface area contributed by atoms with Crippen LogP contribution in [-0.4, -0.2) is 33.6 Å². The SMILES string of the molecule is CC[C@@H](CO)NC(=O)Nc1cc(C)n(-c2cccc(Cl)c2)n1. The summed E-state index contributed by atoms with van der Waals surface area (Å²) in [4.78, 5) is 11.8. The van der Waals surface area contributed by atoms with Gasteiger partial charge in [0, 0.05) is 16.8 Å². The summed E-state index contributed by atoms with van der Waals surface area (Å²) in [5.74, 6) is 0.433. The molecule has 22 heavy (non-hydrogen) atoms. The number of aromatic nitrogens is 2. The number of amides is 2. The third-order valence-electron chi connectivity index (χ3n) is 3.23. The van der Waals surface area contributed by atoms with Gasteiger partial charge in [-0.15, -0.1) is 5.10 Å². The highest BCUT2D eigenvalue weighted by atomic mass is 35.5. The molecule has 0 saturated heterocycles. The second-order valence-corrected chi connectivity index (χ2v) is 5.39. The minimum Gasteiger partial charge on any atom is -0.394 e. The summed E-state index contributed by atoms with van der Waals surface area (Å²) in [6.45, 7) is 3.68. The Balaban J connectivity index is 2.11. The topological polar surface area (TPSA) is 79.2 Å². The van der Waals surface area contributed by atoms with Gasteiger partial charge in [-0.3, -0.25) is 5.32 Å². The van der Waals surface area contributed by atoms with Crippen LogP contribution in [0.2, 0.25) is 5.02 Å². The predicted molar refractivity (Wildman–Crippen MR) is 86.6 cm³/mol. The number of aryl methyl sites for hydroxylation is 1. The van der Waals surface area contributed by atoms with E-state index in [0.29, 0.717) is 17.3 Å². The zero-order chi connectivity index (χ0) is 16.1. The number of hydrogen-bond donors (Lipinski definition) is 3. The first-order valence-electron chi connectivity index (χ1n) is 7.04. The van der Waals surface area contributed by atoms with Gasteiger partial charge >= 0.3 is 6.03 Å². The molecule has 0 aliphatic carbocycles. The van der Waals surface area contributed by atoms with Crippen LogP contribution in [0, 0.1) is 6.92 Å². The number of nitrogens with zero attached hydrogens (tertiary/aromatic N) is 2. The van der Waals surface area contributed by atoms with E-state index in [1.807, 2.05) is 26.0 Å². The van der Waals surface area contributed by atoms with E-state index in [2.05, 4.69) is 15.7 Å². The Morgan fingerprint density at radius 1 is 1.45 bits per heavy atom. The maximum absolute atomic E-state index is 11.8. The number of urea groups is 1. The summed E-state index contributed by atoms with van der Waals surface area (Å²) in [6.07, 6.45) is 0.653. The number of anilines is 1. The molecule has 0 aliphatic heterocycles. The number of nitrogens with one attached hydrogen (secondary N) is 2. The summed E-state index contributed by atoms with van der Waals surface area (Å²) in [5, 5.41) is 19.4. The molecular weight excluding hydrogens is 304 g/mol. The van der Waals surface area contributed by atoms with Gasteiger partial charge < -0.3 is 10.4 Å². The zero-order valence-electron chi connectivity index (χ0n) is 12.5. The Bertz CT molecular complexity index is 653. The predicted octanol–water partition coefficient (Wildman–Crippen LogP) is 2.73. The van der Waals surface area contributed by atoms with Crippen LogP contribution in [0.4, 0.5) is 10.6 Å². The van der Waals surface area contributed by atoms with E-state index in [9.17, 15) is 4.79 Å². The fourth-order valence-electron chi connectivity index (χ4n) is 2.02. The molecule has 1 atom stereocenters. The largest absolute Gasteiger partial charge is 0.394 e. The molecule has 2 amide bonds. The number of aliphatic hydroxyl groups is 1. The number of aliphatic hydroxyl groups excluding tert-OH is 1. The molecule has 1 aromatic heterocycles. The monoisotopic (exact) mass is 322 g/mol. The van der Waals surface area contributed by atoms with Gasteiger partial charge in [0.25, 0.3) is 0 Å². The minimum absolute atomic E-state index is 0.0973. The Morgan fingerprint density at radius 3 is 2.86 bits per heavy atom. The van der Waals surface area contributed by atoms with Gasteiger partial charge in [0.15, 0.2) is 5.82 Å². The summed E-state index contributed by atoms with van der Waals surface area (Å²) < 4.78 is 1.70. The number of benzene rings is 1. The first-order chi connectivity index (χ1) is 10.5. The molecule has 0 radical (unpaired) electrons. The Hall–Kier alpha value is -2.05. The third-order valence-corrected chi connectivity index (χ3v) is 3.47. The number of carbonyl (C=O) groups is 1. The van der Waals surface area contributed by atoms with Gasteiger partial charge in [-0.2, -0.15) is 0 Å². The molecule has 1 heterocycles. The van der Waals surface area contributed by atoms with Gasteiger partial charge in [0.05, 0.1) is 18.3 Å². The van der Waals surface area contributed by atoms with Crippen LogP contribution in [-0.2, 0) is 0 Å². The summed E-state index contributed by atoms with van der Waals surface area (Å²) in [7, 11) is 0. The first kappa shape index (κ1) is 16.3. The summed E-state index contributed by atoms with van der Waals surface area (Å²) >= 11 is 5.98. The molecule has 1 aromatic carbocycles. The number of halogens is 1. The van der Waals surface area contributed by atoms with Crippen LogP contribution >= 0.6 is 11.6 Å². The van der Waals surface area contributed by atoms with Crippen molar-refractivity contribution < 1.29 is 9.90 Å². The fourth-order valence-corrected chi connectivity index (χ4v) is 2.20. The lowest BCUT2D eigenvalue weighted by Crippen LogP contribution is -2.39. The molecule has 0 fully saturated rings. The number of rotatable bonds is 5. The van der Waals surface area contributed by atoms with E-state index < -0.39 is 6.03 Å². The standard InChI is InChI=1S/C15H19ClN4O2/c1-3-12(9-21)17-15(22)18-14-7-10(2)20(19-14)13-6-4-5-11(16)8-13/h4-8,12,21H,3,9H2,1-2H3,(H2,17,18,19,22)/t12-/m0/s1. The molecule has 0 aliphatic rings. The molecule has 0 spiro atoms. The van der Waals surface area contributed by atoms with Gasteiger partial charge in [0.2, 0.25) is 0 Å². The van der Waals surface area contributed by atoms with Crippen molar-refractivity contribution in [3.05, 3.63) is 41.0 Å². The molecule has 2 rings (SSSR count). The van der Waals surface area contributed by atoms with Crippen LogP contribution < -0.4 is 10.6 Å². The van der Waals surface area contributed by atoms with Crippen LogP contribution in [0.15, 0.2) is 30.3 Å². The van der Waals surface area contributed by atoms with Crippen molar-refractivity contribution in [1.82, 2.24) is 15.1 Å². The molecule has 7 heteroatoms. The maximum Gasteiger partial charge on any atom is 0.320 e. The van der Waals surface area contributed by atoms with Gasteiger partial charge in [-0.1, -0.05) is 24.6 Å². The van der Waals surface area contributed by atoms with Crippen molar-refractivity contribution in [3.8, 4) is 5.69 Å². The number of carbonyl (C=O) groups excluding carboxylic acids is 1. The maximum atomic E-state index is 11.8. The molecule has 6 nitrogen and oxygen atoms in total. The normalized spacial score (nSPS) is 12.0. The van der Waals surface area contributed by atoms with Crippen LogP contribution in [0.3, 0.4) is 0 Å². The summed E-state index contributed by atoms with van der Waals surface area (Å²) in [5.41, 5.74) is 1.69. The molecule has 0 bridgehead atoms. The highest BCUT2D eigenvalue weighted by Crippen LogP contribution is 2.18. The Morgan fingerprint density at radius 2 is 2.23 bits per heavy atom. The average molecular weight is 323 g/mol. The van der Waals surface area contributed by atoms with Crippen LogP contribution in [0.25, 0.3) is 5.69 Å². The highest BCUT2D eigenvalue weighted by molar-refractivity contribution is 6.30. The summed E-state index contributed by atoms with van der Waals surface area (Å²) in [6, 6.07) is 8.41. The first-order valence-corrected chi connectivity index (χ1v) is 7.42. The van der Waals surface area contributed by atoms with E-state index >= 15 is 0 Å². The van der Waals surface area contributed by atoms with E-state index in [0.717, 1.165) is 11.4 Å². The van der Waals surface area contributed by atoms with Crippen LogP contribution in [0.5, 0.6) is 0 Å². The fraction of sp³-hybridized carbons (Fsp3) is 0.333. The molecule has 2 aromatic rings. The van der Waals surface area contributed by atoms with E-state index in [-0.39, 0.29) is 12.6 Å². The van der Waals surface area contributed by atoms with Gasteiger partial charge in [-0.25, -0.2) is 9.48 Å². The average Bonchev–Trinajstić information content (AvgIpc) is 2.85. The highest BCUT2D eigenvalue weighted by Gasteiger charge is 2.12. The Kier molecular flexibility index (Phi) is 5.41. The zero-order valence-corrected chi connectivity index (χ0v) is 13.3. The van der Waals surface area contributed by atoms with Crippen molar-refractivity contribution in [1.29, 1.82) is 0 Å². The van der Waals surface area contributed by atoms with E-state index in [1.54, 1.807) is 22.9 Å². The van der Waals surface area contributed by atoms with E-state index in [1.165, 1.54) is 0 Å². The van der Waals surface area contributed by atoms with Crippen LogP contribution in [0.1, 0.15) is 19.0 Å². The molecule has 0 unspecified atom stereocenters. The number of hydrogen-bond acceptors (Lipinski definition) is 3. The molecular formula is C15H19ClN4O2. The van der Waals surface area contributed by atoms with Gasteiger partial charge in [-0.05, 0) is 31.5 Å². The lowest BCUT2D eigenvalue weighted by atomic mass is 10.2. The van der Waals surface area contributed by atoms with Crippen molar-refractivity contribution in [2.24, 2.45) is 0 Å². The lowest BCUT2D eigenvalue weighted by Gasteiger charge is -2.13. The van der Waals surface area contributed by atoms with Crippen molar-refractivity contribution in [2.75, 3.05) is 11.9 Å². The van der Waals surface area contributed by atoms with Crippen molar-refractivity contribution in [3.63, 3.8) is 0 Å². The second-order valence-electron chi connectivity index (χ2n) is 4.95. The quantitative estimate of drug-likeness (QED) is 0.792. The Labute approximate surface area is 134 Å².